The Morgan fingerprint density at radius 1 is 0.455 bits per heavy atom. The maximum atomic E-state index is 14.6. The van der Waals surface area contributed by atoms with Gasteiger partial charge in [0.2, 0.25) is 0 Å². The maximum absolute atomic E-state index is 14.6. The van der Waals surface area contributed by atoms with Crippen LogP contribution in [-0.4, -0.2) is 6.17 Å². The Balaban J connectivity index is 2.31. The zero-order valence-corrected chi connectivity index (χ0v) is 15.2. The molecule has 2 aromatic rings. The second kappa shape index (κ2) is 7.39. The van der Waals surface area contributed by atoms with Gasteiger partial charge >= 0.3 is 0 Å². The second-order valence-electron chi connectivity index (χ2n) is 6.84. The van der Waals surface area contributed by atoms with Gasteiger partial charge in [-0.05, 0) is 0 Å². The van der Waals surface area contributed by atoms with Gasteiger partial charge in [0.25, 0.3) is 0 Å². The van der Waals surface area contributed by atoms with Gasteiger partial charge in [-0.15, -0.1) is 0 Å². The van der Waals surface area contributed by atoms with Crippen LogP contribution in [0.4, 0.5) is 57.1 Å². The third kappa shape index (κ3) is 2.86. The summed E-state index contributed by atoms with van der Waals surface area (Å²) in [5.41, 5.74) is -10.6. The van der Waals surface area contributed by atoms with E-state index >= 15 is 0 Å². The zero-order chi connectivity index (χ0) is 24.7. The van der Waals surface area contributed by atoms with Crippen LogP contribution in [-0.2, 0) is 6.42 Å². The molecule has 1 unspecified atom stereocenters. The summed E-state index contributed by atoms with van der Waals surface area (Å²) in [5.74, 6) is -30.8. The summed E-state index contributed by atoms with van der Waals surface area (Å²) in [5, 5.41) is 0. The highest BCUT2D eigenvalue weighted by molar-refractivity contribution is 5.91. The predicted molar refractivity (Wildman–Crippen MR) is 84.8 cm³/mol. The van der Waals surface area contributed by atoms with Gasteiger partial charge in [-0.2, -0.15) is 0 Å². The molecule has 0 saturated heterocycles. The van der Waals surface area contributed by atoms with Crippen molar-refractivity contribution in [1.29, 1.82) is 0 Å². The van der Waals surface area contributed by atoms with Crippen LogP contribution >= 0.6 is 0 Å². The van der Waals surface area contributed by atoms with Crippen LogP contribution in [0.25, 0.3) is 5.57 Å². The highest BCUT2D eigenvalue weighted by atomic mass is 19.2. The lowest BCUT2D eigenvalue weighted by atomic mass is 9.77. The molecule has 2 aliphatic carbocycles. The topological polar surface area (TPSA) is 0 Å². The second-order valence-corrected chi connectivity index (χ2v) is 6.84. The molecule has 0 N–H and O–H groups in total. The lowest BCUT2D eigenvalue weighted by Crippen LogP contribution is -2.24. The first-order valence-electron chi connectivity index (χ1n) is 8.52. The first-order chi connectivity index (χ1) is 15.3. The van der Waals surface area contributed by atoms with E-state index in [0.717, 1.165) is 0 Å². The summed E-state index contributed by atoms with van der Waals surface area (Å²) in [4.78, 5) is 0. The molecule has 0 aromatic heterocycles. The molecule has 0 heterocycles. The summed E-state index contributed by atoms with van der Waals surface area (Å²) < 4.78 is 183. The number of hydrogen-bond acceptors (Lipinski definition) is 0. The van der Waals surface area contributed by atoms with Crippen molar-refractivity contribution < 1.29 is 57.1 Å². The molecule has 0 radical (unpaired) electrons. The molecule has 2 aromatic carbocycles. The van der Waals surface area contributed by atoms with Crippen molar-refractivity contribution in [3.8, 4) is 0 Å². The molecule has 1 atom stereocenters. The molecular formula is C20H3F13. The average Bonchev–Trinajstić information content (AvgIpc) is 2.80. The van der Waals surface area contributed by atoms with Crippen molar-refractivity contribution in [1.82, 2.24) is 0 Å². The van der Waals surface area contributed by atoms with E-state index in [2.05, 4.69) is 0 Å². The van der Waals surface area contributed by atoms with Crippen molar-refractivity contribution >= 4 is 5.57 Å². The van der Waals surface area contributed by atoms with Crippen LogP contribution in [0.15, 0.2) is 28.9 Å². The number of fused-ring (bicyclic) bond motifs is 2. The maximum Gasteiger partial charge on any atom is 0.198 e. The van der Waals surface area contributed by atoms with E-state index in [1.807, 2.05) is 0 Å². The molecule has 2 aliphatic rings. The Morgan fingerprint density at radius 3 is 1.27 bits per heavy atom. The van der Waals surface area contributed by atoms with Crippen LogP contribution in [0.5, 0.6) is 0 Å². The number of alkyl halides is 1. The van der Waals surface area contributed by atoms with E-state index in [-0.39, 0.29) is 0 Å². The Labute approximate surface area is 173 Å². The summed E-state index contributed by atoms with van der Waals surface area (Å²) in [6, 6.07) is 0. The molecule has 0 nitrogen and oxygen atoms in total. The number of allylic oxidation sites excluding steroid dienone is 5. The van der Waals surface area contributed by atoms with Gasteiger partial charge in [-0.25, -0.2) is 57.1 Å². The van der Waals surface area contributed by atoms with Gasteiger partial charge < -0.3 is 0 Å². The SMILES string of the molecule is FC1=C(F)C(=C2c3c(F)c(F)c(F)c(F)c3Cc3c(F)c(F)c(F)c(F)c32)C(F)C(F)=C1F. The lowest BCUT2D eigenvalue weighted by Gasteiger charge is -2.29. The van der Waals surface area contributed by atoms with Crippen LogP contribution in [0.3, 0.4) is 0 Å². The average molecular weight is 490 g/mol. The molecule has 33 heavy (non-hydrogen) atoms. The first kappa shape index (κ1) is 22.9. The molecule has 0 fully saturated rings. The van der Waals surface area contributed by atoms with Crippen molar-refractivity contribution in [2.75, 3.05) is 0 Å². The third-order valence-corrected chi connectivity index (χ3v) is 5.16. The highest BCUT2D eigenvalue weighted by Crippen LogP contribution is 2.50. The normalized spacial score (nSPS) is 18.3. The van der Waals surface area contributed by atoms with Gasteiger partial charge in [0.15, 0.2) is 76.0 Å². The van der Waals surface area contributed by atoms with E-state index in [9.17, 15) is 57.1 Å². The monoisotopic (exact) mass is 490 g/mol. The fraction of sp³-hybridized carbons (Fsp3) is 0.100. The summed E-state index contributed by atoms with van der Waals surface area (Å²) >= 11 is 0. The molecule has 13 heteroatoms. The van der Waals surface area contributed by atoms with Gasteiger partial charge in [0, 0.05) is 39.8 Å². The smallest absolute Gasteiger partial charge is 0.198 e. The summed E-state index contributed by atoms with van der Waals surface area (Å²) in [6.45, 7) is 0. The minimum atomic E-state index is -3.75. The lowest BCUT2D eigenvalue weighted by molar-refractivity contribution is 0.322. The number of halogens is 13. The van der Waals surface area contributed by atoms with E-state index in [1.165, 1.54) is 0 Å². The minimum absolute atomic E-state index is 1.47. The van der Waals surface area contributed by atoms with E-state index in [0.29, 0.717) is 0 Å². The molecule has 0 saturated carbocycles. The van der Waals surface area contributed by atoms with Crippen LogP contribution in [0.2, 0.25) is 0 Å². The zero-order valence-electron chi connectivity index (χ0n) is 15.2. The first-order valence-corrected chi connectivity index (χ1v) is 8.52. The van der Waals surface area contributed by atoms with Crippen molar-refractivity contribution in [2.24, 2.45) is 0 Å². The fourth-order valence-electron chi connectivity index (χ4n) is 3.68. The number of rotatable bonds is 0. The van der Waals surface area contributed by atoms with Gasteiger partial charge in [0.1, 0.15) is 0 Å². The Kier molecular flexibility index (Phi) is 5.13. The van der Waals surface area contributed by atoms with Crippen LogP contribution < -0.4 is 0 Å². The quantitative estimate of drug-likeness (QED) is 0.178. The van der Waals surface area contributed by atoms with Gasteiger partial charge in [-0.1, -0.05) is 0 Å². The van der Waals surface area contributed by atoms with E-state index in [4.69, 9.17) is 0 Å². The highest BCUT2D eigenvalue weighted by Gasteiger charge is 2.44. The third-order valence-electron chi connectivity index (χ3n) is 5.16. The van der Waals surface area contributed by atoms with E-state index in [1.54, 1.807) is 0 Å². The van der Waals surface area contributed by atoms with Crippen LogP contribution in [0.1, 0.15) is 22.3 Å². The summed E-state index contributed by atoms with van der Waals surface area (Å²) in [7, 11) is 0. The molecule has 0 spiro atoms. The largest absolute Gasteiger partial charge is 0.234 e. The predicted octanol–water partition coefficient (Wildman–Crippen LogP) is 7.16. The van der Waals surface area contributed by atoms with Gasteiger partial charge in [-0.3, -0.25) is 0 Å². The Hall–Kier alpha value is -3.25. The minimum Gasteiger partial charge on any atom is -0.234 e. The fourth-order valence-corrected chi connectivity index (χ4v) is 3.68. The van der Waals surface area contributed by atoms with Crippen molar-refractivity contribution in [3.05, 3.63) is 97.7 Å². The van der Waals surface area contributed by atoms with Crippen molar-refractivity contribution in [2.45, 2.75) is 12.6 Å². The van der Waals surface area contributed by atoms with E-state index < -0.39 is 116 Å². The molecule has 0 bridgehead atoms. The molecule has 174 valence electrons. The van der Waals surface area contributed by atoms with Gasteiger partial charge in [0.05, 0.1) is 0 Å². The van der Waals surface area contributed by atoms with Crippen LogP contribution in [0, 0.1) is 46.5 Å². The Morgan fingerprint density at radius 2 is 0.848 bits per heavy atom. The number of hydrogen-bond donors (Lipinski definition) is 0. The molecule has 4 rings (SSSR count). The number of benzene rings is 2. The van der Waals surface area contributed by atoms with Crippen molar-refractivity contribution in [3.63, 3.8) is 0 Å². The summed E-state index contributed by atoms with van der Waals surface area (Å²) in [6.07, 6.45) is -5.25. The standard InChI is InChI=1S/C20H3F13/c21-8-2-1-3-5(11(24)17(30)15(28)9(3)22)6(4(2)10(23)16(29)14(8)27)7-12(25)18(31)20(33)19(32)13(7)26/h12H,1H2. The molecule has 0 amide bonds. The Bertz CT molecular complexity index is 1290. The molecule has 0 aliphatic heterocycles. The molecular weight excluding hydrogens is 487 g/mol.